The van der Waals surface area contributed by atoms with E-state index in [4.69, 9.17) is 16.6 Å². The smallest absolute Gasteiger partial charge is 0.158 e. The number of ether oxygens (including phenoxy) is 1. The number of aliphatic hydroxyl groups is 4. The van der Waals surface area contributed by atoms with E-state index in [2.05, 4.69) is 27.8 Å². The van der Waals surface area contributed by atoms with Crippen molar-refractivity contribution in [2.24, 2.45) is 0 Å². The molecule has 0 radical (unpaired) electrons. The normalized spacial score (nSPS) is 29.7. The van der Waals surface area contributed by atoms with Crippen LogP contribution in [0.2, 0.25) is 0 Å². The van der Waals surface area contributed by atoms with Crippen LogP contribution in [0.25, 0.3) is 0 Å². The summed E-state index contributed by atoms with van der Waals surface area (Å²) in [5.41, 5.74) is 0.156. The molecule has 0 aromatic carbocycles. The maximum atomic E-state index is 10.1. The lowest BCUT2D eigenvalue weighted by Gasteiger charge is -2.39. The number of H-pyrrole nitrogens is 1. The first-order chi connectivity index (χ1) is 11.4. The second-order valence-electron chi connectivity index (χ2n) is 5.35. The van der Waals surface area contributed by atoms with Gasteiger partial charge in [-0.15, -0.1) is 6.42 Å². The molecule has 0 bridgehead atoms. The molecule has 130 valence electrons. The van der Waals surface area contributed by atoms with Gasteiger partial charge in [-0.1, -0.05) is 6.58 Å². The van der Waals surface area contributed by atoms with E-state index in [1.807, 2.05) is 0 Å². The lowest BCUT2D eigenvalue weighted by atomic mass is 9.93. The van der Waals surface area contributed by atoms with Gasteiger partial charge >= 0.3 is 0 Å². The van der Waals surface area contributed by atoms with Crippen molar-refractivity contribution in [2.75, 3.05) is 11.9 Å². The van der Waals surface area contributed by atoms with Crippen molar-refractivity contribution < 1.29 is 25.2 Å². The summed E-state index contributed by atoms with van der Waals surface area (Å²) in [5, 5.41) is 49.3. The van der Waals surface area contributed by atoms with E-state index in [1.54, 1.807) is 0 Å². The molecule has 2 heterocycles. The number of aliphatic hydroxyl groups excluding tert-OH is 4. The lowest BCUT2D eigenvalue weighted by Crippen LogP contribution is -2.59. The summed E-state index contributed by atoms with van der Waals surface area (Å²) in [4.78, 5) is 7.08. The topological polar surface area (TPSA) is 155 Å². The van der Waals surface area contributed by atoms with Gasteiger partial charge in [0.1, 0.15) is 41.6 Å². The molecule has 0 aliphatic carbocycles. The van der Waals surface area contributed by atoms with Crippen LogP contribution in [-0.2, 0) is 11.2 Å². The Balaban J connectivity index is 2.22. The minimum absolute atomic E-state index is 0.0467. The second-order valence-corrected chi connectivity index (χ2v) is 5.35. The van der Waals surface area contributed by atoms with Crippen molar-refractivity contribution in [3.8, 4) is 12.3 Å². The highest BCUT2D eigenvalue weighted by Crippen LogP contribution is 2.24. The van der Waals surface area contributed by atoms with Crippen molar-refractivity contribution >= 4 is 11.5 Å². The molecule has 1 aromatic heterocycles. The molecule has 1 aliphatic rings. The summed E-state index contributed by atoms with van der Waals surface area (Å²) in [6.45, 7) is 3.01. The zero-order valence-electron chi connectivity index (χ0n) is 12.8. The first-order valence-electron chi connectivity index (χ1n) is 7.25. The third-order valence-electron chi connectivity index (χ3n) is 3.77. The Morgan fingerprint density at radius 2 is 2.04 bits per heavy atom. The molecule has 2 rings (SSSR count). The molecule has 7 N–H and O–H groups in total. The summed E-state index contributed by atoms with van der Waals surface area (Å²) in [6, 6.07) is 0. The number of nitrogens with one attached hydrogen (secondary N) is 3. The first-order valence-corrected chi connectivity index (χ1v) is 7.25. The van der Waals surface area contributed by atoms with Crippen LogP contribution in [0, 0.1) is 17.8 Å². The Labute approximate surface area is 138 Å². The molecular formula is C15H20N4O5. The van der Waals surface area contributed by atoms with Crippen LogP contribution >= 0.6 is 0 Å². The number of aromatic amines is 1. The van der Waals surface area contributed by atoms with Gasteiger partial charge in [0.15, 0.2) is 5.82 Å². The molecule has 9 nitrogen and oxygen atoms in total. The predicted octanol–water partition coefficient (Wildman–Crippen LogP) is -1.65. The molecule has 1 fully saturated rings. The summed E-state index contributed by atoms with van der Waals surface area (Å²) < 4.78 is 5.43. The maximum absolute atomic E-state index is 10.1. The highest BCUT2D eigenvalue weighted by Gasteiger charge is 2.43. The number of terminal acetylenes is 1. The van der Waals surface area contributed by atoms with E-state index >= 15 is 0 Å². The average molecular weight is 336 g/mol. The molecule has 1 aliphatic heterocycles. The fourth-order valence-corrected chi connectivity index (χ4v) is 2.51. The average Bonchev–Trinajstić information content (AvgIpc) is 2.97. The molecule has 0 spiro atoms. The van der Waals surface area contributed by atoms with Crippen LogP contribution < -0.4 is 5.32 Å². The Kier molecular flexibility index (Phi) is 5.71. The van der Waals surface area contributed by atoms with Crippen LogP contribution in [0.15, 0.2) is 12.8 Å². The van der Waals surface area contributed by atoms with Crippen LogP contribution in [-0.4, -0.2) is 73.2 Å². The van der Waals surface area contributed by atoms with Gasteiger partial charge in [-0.05, 0) is 12.1 Å². The fraction of sp³-hybridized carbons (Fsp3) is 0.467. The molecule has 0 saturated carbocycles. The highest BCUT2D eigenvalue weighted by atomic mass is 16.5. The number of hydrogen-bond acceptors (Lipinski definition) is 8. The van der Waals surface area contributed by atoms with Crippen molar-refractivity contribution in [1.82, 2.24) is 9.97 Å². The number of rotatable bonds is 6. The number of hydrogen-bond donors (Lipinski definition) is 7. The number of aromatic nitrogens is 2. The first kappa shape index (κ1) is 18.1. The third-order valence-corrected chi connectivity index (χ3v) is 3.77. The fourth-order valence-electron chi connectivity index (χ4n) is 2.51. The Bertz CT molecular complexity index is 651. The monoisotopic (exact) mass is 336 g/mol. The molecule has 1 aromatic rings. The van der Waals surface area contributed by atoms with Crippen molar-refractivity contribution in [3.05, 3.63) is 24.3 Å². The number of imidazole rings is 1. The quantitative estimate of drug-likeness (QED) is 0.242. The van der Waals surface area contributed by atoms with Gasteiger partial charge in [0.25, 0.3) is 0 Å². The van der Waals surface area contributed by atoms with Gasteiger partial charge in [-0.25, -0.2) is 4.98 Å². The van der Waals surface area contributed by atoms with E-state index in [-0.39, 0.29) is 17.8 Å². The standard InChI is InChI=1S/C15H20N4O5/c1-3-7(16)11-15(17-4-2)19-10(18-11)5-8-12(21)14(23)13(22)9(6-20)24-8/h1,4,8-9,12-14,16-17,20-23H,2,5-6H2,(H,18,19). The van der Waals surface area contributed by atoms with Gasteiger partial charge < -0.3 is 35.5 Å². The largest absolute Gasteiger partial charge is 0.394 e. The van der Waals surface area contributed by atoms with E-state index in [1.165, 1.54) is 6.20 Å². The van der Waals surface area contributed by atoms with Gasteiger partial charge in [-0.2, -0.15) is 0 Å². The highest BCUT2D eigenvalue weighted by molar-refractivity contribution is 6.12. The molecular weight excluding hydrogens is 316 g/mol. The minimum Gasteiger partial charge on any atom is -0.394 e. The Morgan fingerprint density at radius 3 is 2.62 bits per heavy atom. The zero-order chi connectivity index (χ0) is 17.9. The molecule has 5 unspecified atom stereocenters. The van der Waals surface area contributed by atoms with Gasteiger partial charge in [-0.3, -0.25) is 5.41 Å². The molecule has 5 atom stereocenters. The third kappa shape index (κ3) is 3.48. The number of nitrogens with zero attached hydrogens (tertiary/aromatic N) is 1. The predicted molar refractivity (Wildman–Crippen MR) is 85.5 cm³/mol. The summed E-state index contributed by atoms with van der Waals surface area (Å²) in [5.74, 6) is 2.83. The van der Waals surface area contributed by atoms with E-state index in [0.717, 1.165) is 0 Å². The van der Waals surface area contributed by atoms with Crippen molar-refractivity contribution in [2.45, 2.75) is 36.9 Å². The lowest BCUT2D eigenvalue weighted by molar-refractivity contribution is -0.228. The second kappa shape index (κ2) is 7.57. The van der Waals surface area contributed by atoms with E-state index in [0.29, 0.717) is 11.6 Å². The SMILES string of the molecule is C#CC(=N)c1[nH]c(CC2OC(CO)C(O)C(O)C2O)nc1NC=C. The Morgan fingerprint density at radius 1 is 1.38 bits per heavy atom. The van der Waals surface area contributed by atoms with Crippen LogP contribution in [0.3, 0.4) is 0 Å². The zero-order valence-corrected chi connectivity index (χ0v) is 12.8. The number of anilines is 1. The van der Waals surface area contributed by atoms with Crippen LogP contribution in [0.5, 0.6) is 0 Å². The molecule has 9 heteroatoms. The van der Waals surface area contributed by atoms with Crippen LogP contribution in [0.4, 0.5) is 5.82 Å². The summed E-state index contributed by atoms with van der Waals surface area (Å²) >= 11 is 0. The van der Waals surface area contributed by atoms with Crippen molar-refractivity contribution in [1.29, 1.82) is 5.41 Å². The summed E-state index contributed by atoms with van der Waals surface area (Å²) in [6.07, 6.45) is 0.522. The minimum atomic E-state index is -1.45. The Hall–Kier alpha value is -2.22. The van der Waals surface area contributed by atoms with Crippen molar-refractivity contribution in [3.63, 3.8) is 0 Å². The van der Waals surface area contributed by atoms with Crippen LogP contribution in [0.1, 0.15) is 11.5 Å². The van der Waals surface area contributed by atoms with Gasteiger partial charge in [0.05, 0.1) is 12.7 Å². The van der Waals surface area contributed by atoms with E-state index < -0.39 is 37.1 Å². The van der Waals surface area contributed by atoms with E-state index in [9.17, 15) is 20.4 Å². The maximum Gasteiger partial charge on any atom is 0.158 e. The van der Waals surface area contributed by atoms with Gasteiger partial charge in [0, 0.05) is 6.42 Å². The molecule has 1 saturated heterocycles. The molecule has 24 heavy (non-hydrogen) atoms. The molecule has 0 amide bonds. The van der Waals surface area contributed by atoms with Gasteiger partial charge in [0.2, 0.25) is 0 Å². The summed E-state index contributed by atoms with van der Waals surface area (Å²) in [7, 11) is 0.